The molecule has 31 heavy (non-hydrogen) atoms. The van der Waals surface area contributed by atoms with Gasteiger partial charge in [0.15, 0.2) is 5.58 Å². The Balaban J connectivity index is 1.58. The van der Waals surface area contributed by atoms with Crippen LogP contribution in [0.5, 0.6) is 0 Å². The van der Waals surface area contributed by atoms with Crippen molar-refractivity contribution < 1.29 is 9.52 Å². The first-order chi connectivity index (χ1) is 15.1. The van der Waals surface area contributed by atoms with E-state index in [1.165, 1.54) is 5.56 Å². The molecule has 5 aromatic rings. The average molecular weight is 412 g/mol. The number of nitrogens with zero attached hydrogens (tertiary/aromatic N) is 3. The Kier molecular flexibility index (Phi) is 4.92. The molecule has 2 heterocycles. The van der Waals surface area contributed by atoms with Crippen LogP contribution in [-0.2, 0) is 13.0 Å². The number of hydrogen-bond acceptors (Lipinski definition) is 4. The molecule has 2 N–H and O–H groups in total. The Bertz CT molecular complexity index is 1380. The molecule has 5 rings (SSSR count). The molecular formula is C25H24N4O2. The van der Waals surface area contributed by atoms with Crippen molar-refractivity contribution in [1.82, 2.24) is 14.1 Å². The number of para-hydroxylation sites is 4. The highest BCUT2D eigenvalue weighted by atomic mass is 16.3. The van der Waals surface area contributed by atoms with Crippen molar-refractivity contribution in [2.75, 3.05) is 6.61 Å². The predicted octanol–water partition coefficient (Wildman–Crippen LogP) is 4.20. The molecule has 0 fully saturated rings. The van der Waals surface area contributed by atoms with E-state index in [2.05, 4.69) is 36.2 Å². The summed E-state index contributed by atoms with van der Waals surface area (Å²) < 4.78 is 9.71. The van der Waals surface area contributed by atoms with Gasteiger partial charge in [-0.05, 0) is 43.2 Å². The molecule has 1 unspecified atom stereocenters. The topological polar surface area (TPSA) is 80.0 Å². The zero-order valence-electron chi connectivity index (χ0n) is 17.3. The quantitative estimate of drug-likeness (QED) is 0.439. The summed E-state index contributed by atoms with van der Waals surface area (Å²) in [6.45, 7) is 2.36. The normalized spacial score (nSPS) is 12.6. The minimum absolute atomic E-state index is 0.0542. The molecular weight excluding hydrogens is 388 g/mol. The number of aromatic nitrogens is 3. The standard InChI is InChI=1S/C25H24N4O2/c1-17-10-12-18(13-11-17)14-19(16-30)29-22-8-4-3-7-21(22)28(25(29)26)15-24-27-20-6-2-5-9-23(20)31-24/h2-13,19,26,30H,14-16H2,1H3. The van der Waals surface area contributed by atoms with Crippen LogP contribution in [0, 0.1) is 12.3 Å². The van der Waals surface area contributed by atoms with Gasteiger partial charge < -0.3 is 18.7 Å². The molecule has 0 bridgehead atoms. The number of hydrogen-bond donors (Lipinski definition) is 2. The molecule has 0 amide bonds. The van der Waals surface area contributed by atoms with Crippen LogP contribution in [0.1, 0.15) is 23.1 Å². The third kappa shape index (κ3) is 3.55. The second kappa shape index (κ2) is 7.89. The van der Waals surface area contributed by atoms with Crippen LogP contribution in [0.4, 0.5) is 0 Å². The van der Waals surface area contributed by atoms with Gasteiger partial charge in [0, 0.05) is 0 Å². The molecule has 156 valence electrons. The maximum atomic E-state index is 10.2. The zero-order chi connectivity index (χ0) is 21.4. The van der Waals surface area contributed by atoms with Gasteiger partial charge in [-0.2, -0.15) is 0 Å². The molecule has 0 spiro atoms. The number of aryl methyl sites for hydroxylation is 1. The lowest BCUT2D eigenvalue weighted by Gasteiger charge is -2.17. The molecule has 2 aromatic heterocycles. The van der Waals surface area contributed by atoms with Crippen LogP contribution < -0.4 is 5.62 Å². The van der Waals surface area contributed by atoms with Gasteiger partial charge in [0.05, 0.1) is 23.7 Å². The number of nitrogens with one attached hydrogen (secondary N) is 1. The van der Waals surface area contributed by atoms with Crippen LogP contribution in [0.2, 0.25) is 0 Å². The van der Waals surface area contributed by atoms with E-state index < -0.39 is 0 Å². The summed E-state index contributed by atoms with van der Waals surface area (Å²) in [6, 6.07) is 23.6. The van der Waals surface area contributed by atoms with Crippen molar-refractivity contribution in [3.63, 3.8) is 0 Å². The van der Waals surface area contributed by atoms with Crippen LogP contribution >= 0.6 is 0 Å². The number of oxazole rings is 1. The smallest absolute Gasteiger partial charge is 0.215 e. The molecule has 3 aromatic carbocycles. The van der Waals surface area contributed by atoms with E-state index in [1.54, 1.807) is 0 Å². The van der Waals surface area contributed by atoms with Gasteiger partial charge in [0.1, 0.15) is 12.1 Å². The summed E-state index contributed by atoms with van der Waals surface area (Å²) in [5.41, 5.74) is 6.02. The first kappa shape index (κ1) is 19.3. The summed E-state index contributed by atoms with van der Waals surface area (Å²) >= 11 is 0. The largest absolute Gasteiger partial charge is 0.439 e. The fourth-order valence-electron chi connectivity index (χ4n) is 4.14. The summed E-state index contributed by atoms with van der Waals surface area (Å²) in [5, 5.41) is 19.2. The molecule has 0 radical (unpaired) electrons. The van der Waals surface area contributed by atoms with Crippen molar-refractivity contribution in [2.45, 2.75) is 25.9 Å². The van der Waals surface area contributed by atoms with Crippen molar-refractivity contribution >= 4 is 22.1 Å². The maximum Gasteiger partial charge on any atom is 0.215 e. The fraction of sp³-hybridized carbons (Fsp3) is 0.200. The van der Waals surface area contributed by atoms with Gasteiger partial charge in [-0.3, -0.25) is 5.41 Å². The second-order valence-electron chi connectivity index (χ2n) is 7.87. The van der Waals surface area contributed by atoms with Gasteiger partial charge in [-0.25, -0.2) is 4.98 Å². The van der Waals surface area contributed by atoms with E-state index in [9.17, 15) is 5.11 Å². The van der Waals surface area contributed by atoms with Crippen molar-refractivity contribution in [2.24, 2.45) is 0 Å². The monoisotopic (exact) mass is 412 g/mol. The lowest BCUT2D eigenvalue weighted by molar-refractivity contribution is 0.225. The summed E-state index contributed by atoms with van der Waals surface area (Å²) in [4.78, 5) is 4.58. The van der Waals surface area contributed by atoms with Crippen molar-refractivity contribution in [3.05, 3.63) is 95.4 Å². The molecule has 6 nitrogen and oxygen atoms in total. The van der Waals surface area contributed by atoms with Gasteiger partial charge in [0.25, 0.3) is 0 Å². The van der Waals surface area contributed by atoms with Crippen molar-refractivity contribution in [1.29, 1.82) is 5.41 Å². The number of aliphatic hydroxyl groups excluding tert-OH is 1. The second-order valence-corrected chi connectivity index (χ2v) is 7.87. The maximum absolute atomic E-state index is 10.2. The molecule has 0 saturated heterocycles. The number of rotatable bonds is 6. The Morgan fingerprint density at radius 2 is 1.68 bits per heavy atom. The summed E-state index contributed by atoms with van der Waals surface area (Å²) in [7, 11) is 0. The lowest BCUT2D eigenvalue weighted by Crippen LogP contribution is -2.30. The third-order valence-electron chi connectivity index (χ3n) is 5.72. The Hall–Kier alpha value is -3.64. The molecule has 0 saturated carbocycles. The van der Waals surface area contributed by atoms with E-state index >= 15 is 0 Å². The molecule has 0 aliphatic heterocycles. The third-order valence-corrected chi connectivity index (χ3v) is 5.72. The van der Waals surface area contributed by atoms with Gasteiger partial charge in [0.2, 0.25) is 11.5 Å². The van der Waals surface area contributed by atoms with Gasteiger partial charge >= 0.3 is 0 Å². The van der Waals surface area contributed by atoms with E-state index in [4.69, 9.17) is 9.83 Å². The molecule has 1 atom stereocenters. The minimum Gasteiger partial charge on any atom is -0.439 e. The van der Waals surface area contributed by atoms with E-state index in [0.717, 1.165) is 27.7 Å². The number of fused-ring (bicyclic) bond motifs is 2. The van der Waals surface area contributed by atoms with Crippen LogP contribution in [0.15, 0.2) is 77.2 Å². The molecule has 6 heteroatoms. The molecule has 0 aliphatic carbocycles. The Morgan fingerprint density at radius 1 is 0.968 bits per heavy atom. The van der Waals surface area contributed by atoms with E-state index in [0.29, 0.717) is 24.5 Å². The number of imidazole rings is 1. The predicted molar refractivity (Wildman–Crippen MR) is 120 cm³/mol. The van der Waals surface area contributed by atoms with Crippen molar-refractivity contribution in [3.8, 4) is 0 Å². The summed E-state index contributed by atoms with van der Waals surface area (Å²) in [6.07, 6.45) is 0.643. The fourth-order valence-corrected chi connectivity index (χ4v) is 4.14. The van der Waals surface area contributed by atoms with Crippen LogP contribution in [0.3, 0.4) is 0 Å². The number of aliphatic hydroxyl groups is 1. The summed E-state index contributed by atoms with van der Waals surface area (Å²) in [5.74, 6) is 0.557. The molecule has 0 aliphatic rings. The van der Waals surface area contributed by atoms with E-state index in [-0.39, 0.29) is 12.6 Å². The average Bonchev–Trinajstić information content (AvgIpc) is 3.32. The van der Waals surface area contributed by atoms with Crippen LogP contribution in [-0.4, -0.2) is 25.8 Å². The Morgan fingerprint density at radius 3 is 2.42 bits per heavy atom. The first-order valence-corrected chi connectivity index (χ1v) is 10.4. The van der Waals surface area contributed by atoms with E-state index in [1.807, 2.05) is 57.7 Å². The Labute approximate surface area is 179 Å². The highest BCUT2D eigenvalue weighted by molar-refractivity contribution is 5.76. The lowest BCUT2D eigenvalue weighted by atomic mass is 10.0. The van der Waals surface area contributed by atoms with Gasteiger partial charge in [-0.1, -0.05) is 54.1 Å². The zero-order valence-corrected chi connectivity index (χ0v) is 17.3. The number of benzene rings is 3. The highest BCUT2D eigenvalue weighted by Crippen LogP contribution is 2.22. The SMILES string of the molecule is Cc1ccc(CC(CO)n2c(=N)n(Cc3nc4ccccc4o3)c3ccccc32)cc1. The highest BCUT2D eigenvalue weighted by Gasteiger charge is 2.20. The minimum atomic E-state index is -0.245. The first-order valence-electron chi connectivity index (χ1n) is 10.4. The van der Waals surface area contributed by atoms with Crippen LogP contribution in [0.25, 0.3) is 22.1 Å². The van der Waals surface area contributed by atoms with Gasteiger partial charge in [-0.15, -0.1) is 0 Å².